The minimum Gasteiger partial charge on any atom is -0.317 e. The molecule has 6 aromatic carbocycles. The van der Waals surface area contributed by atoms with Gasteiger partial charge in [0.15, 0.2) is 0 Å². The van der Waals surface area contributed by atoms with Crippen LogP contribution in [0.3, 0.4) is 0 Å². The van der Waals surface area contributed by atoms with Crippen molar-refractivity contribution in [3.05, 3.63) is 157 Å². The summed E-state index contributed by atoms with van der Waals surface area (Å²) in [5.74, 6) is 0. The highest BCUT2D eigenvalue weighted by Gasteiger charge is 2.36. The Bertz CT molecular complexity index is 2310. The molecule has 1 aliphatic rings. The Morgan fingerprint density at radius 1 is 0.523 bits per heavy atom. The predicted octanol–water partition coefficient (Wildman–Crippen LogP) is 11.8. The van der Waals surface area contributed by atoms with Crippen LogP contribution in [-0.4, -0.2) is 4.57 Å². The van der Waals surface area contributed by atoms with Gasteiger partial charge in [0.05, 0.1) is 16.9 Å². The number of hydrogen-bond acceptors (Lipinski definition) is 2. The van der Waals surface area contributed by atoms with Crippen LogP contribution in [0.2, 0.25) is 0 Å². The van der Waals surface area contributed by atoms with Gasteiger partial charge >= 0.3 is 0 Å². The van der Waals surface area contributed by atoms with Crippen molar-refractivity contribution in [2.45, 2.75) is 19.3 Å². The molecule has 210 valence electrons. The van der Waals surface area contributed by atoms with Crippen LogP contribution in [0.15, 0.2) is 146 Å². The van der Waals surface area contributed by atoms with E-state index in [1.165, 1.54) is 70.4 Å². The highest BCUT2D eigenvalue weighted by molar-refractivity contribution is 7.25. The number of thiophene rings is 1. The SMILES string of the molecule is CC1(C)c2ccccc2N(c2ccc(-n3ccc4cc5sc6ccc(-c7ccccc7)cc6c5cc43)cc2)c2ccccc21. The number of anilines is 3. The van der Waals surface area contributed by atoms with Crippen molar-refractivity contribution in [2.75, 3.05) is 4.90 Å². The minimum atomic E-state index is -0.0628. The molecule has 8 aromatic rings. The first-order valence-corrected chi connectivity index (χ1v) is 16.0. The Kier molecular flexibility index (Phi) is 5.45. The third-order valence-corrected chi connectivity index (χ3v) is 10.5. The minimum absolute atomic E-state index is 0.0628. The molecule has 0 radical (unpaired) electrons. The Hall–Kier alpha value is -5.12. The van der Waals surface area contributed by atoms with Gasteiger partial charge in [0, 0.05) is 48.5 Å². The molecular weight excluding hydrogens is 553 g/mol. The van der Waals surface area contributed by atoms with Crippen molar-refractivity contribution in [3.8, 4) is 16.8 Å². The van der Waals surface area contributed by atoms with Crippen LogP contribution in [0.4, 0.5) is 17.1 Å². The molecule has 1 aliphatic heterocycles. The molecule has 3 heterocycles. The van der Waals surface area contributed by atoms with Crippen LogP contribution in [0.5, 0.6) is 0 Å². The van der Waals surface area contributed by atoms with E-state index in [0.717, 1.165) is 5.69 Å². The summed E-state index contributed by atoms with van der Waals surface area (Å²) in [7, 11) is 0. The summed E-state index contributed by atoms with van der Waals surface area (Å²) in [5.41, 5.74) is 11.2. The lowest BCUT2D eigenvalue weighted by atomic mass is 9.73. The average Bonchev–Trinajstić information content (AvgIpc) is 3.65. The van der Waals surface area contributed by atoms with E-state index in [0.29, 0.717) is 0 Å². The molecule has 0 atom stereocenters. The molecule has 3 heteroatoms. The highest BCUT2D eigenvalue weighted by atomic mass is 32.1. The second kappa shape index (κ2) is 9.44. The summed E-state index contributed by atoms with van der Waals surface area (Å²) in [6.45, 7) is 4.66. The molecule has 9 rings (SSSR count). The van der Waals surface area contributed by atoms with E-state index in [-0.39, 0.29) is 5.41 Å². The number of para-hydroxylation sites is 2. The number of rotatable bonds is 3. The van der Waals surface area contributed by atoms with Gasteiger partial charge in [-0.25, -0.2) is 0 Å². The van der Waals surface area contributed by atoms with Gasteiger partial charge in [-0.2, -0.15) is 0 Å². The third kappa shape index (κ3) is 3.73. The summed E-state index contributed by atoms with van der Waals surface area (Å²) in [6, 6.07) is 51.2. The molecule has 0 amide bonds. The quantitative estimate of drug-likeness (QED) is 0.201. The smallest absolute Gasteiger partial charge is 0.0535 e. The molecule has 0 N–H and O–H groups in total. The van der Waals surface area contributed by atoms with E-state index in [2.05, 4.69) is 169 Å². The van der Waals surface area contributed by atoms with E-state index < -0.39 is 0 Å². The zero-order valence-electron chi connectivity index (χ0n) is 24.7. The molecule has 0 saturated carbocycles. The topological polar surface area (TPSA) is 8.17 Å². The standard InChI is InChI=1S/C41H30N2S/c1-41(2)34-12-6-8-14-36(34)43(37-15-9-7-13-35(37)41)31-19-17-30(18-20-31)42-23-22-29-25-40-33(26-38(29)42)32-24-28(16-21-39(32)44-40)27-10-4-3-5-11-27/h3-26H,1-2H3. The lowest BCUT2D eigenvalue weighted by Gasteiger charge is -2.42. The van der Waals surface area contributed by atoms with Crippen molar-refractivity contribution >= 4 is 59.5 Å². The van der Waals surface area contributed by atoms with Gasteiger partial charge in [-0.05, 0) is 89.0 Å². The fourth-order valence-corrected chi connectivity index (χ4v) is 8.27. The van der Waals surface area contributed by atoms with Gasteiger partial charge in [-0.3, -0.25) is 0 Å². The molecule has 0 spiro atoms. The first-order valence-electron chi connectivity index (χ1n) is 15.2. The second-order valence-corrected chi connectivity index (χ2v) is 13.4. The lowest BCUT2D eigenvalue weighted by Crippen LogP contribution is -2.30. The van der Waals surface area contributed by atoms with E-state index in [1.807, 2.05) is 11.3 Å². The number of fused-ring (bicyclic) bond motifs is 6. The molecule has 0 unspecified atom stereocenters. The van der Waals surface area contributed by atoms with Crippen LogP contribution >= 0.6 is 11.3 Å². The summed E-state index contributed by atoms with van der Waals surface area (Å²) in [5, 5.41) is 3.90. The van der Waals surface area contributed by atoms with Gasteiger partial charge in [0.25, 0.3) is 0 Å². The zero-order valence-corrected chi connectivity index (χ0v) is 25.5. The summed E-state index contributed by atoms with van der Waals surface area (Å²) in [6.07, 6.45) is 2.20. The van der Waals surface area contributed by atoms with Gasteiger partial charge in [0.1, 0.15) is 0 Å². The summed E-state index contributed by atoms with van der Waals surface area (Å²) >= 11 is 1.88. The van der Waals surface area contributed by atoms with Crippen LogP contribution in [-0.2, 0) is 5.41 Å². The molecule has 0 aliphatic carbocycles. The average molecular weight is 583 g/mol. The van der Waals surface area contributed by atoms with Gasteiger partial charge in [0.2, 0.25) is 0 Å². The summed E-state index contributed by atoms with van der Waals surface area (Å²) in [4.78, 5) is 2.42. The maximum atomic E-state index is 2.42. The molecular formula is C41H30N2S. The fourth-order valence-electron chi connectivity index (χ4n) is 7.15. The van der Waals surface area contributed by atoms with Crippen LogP contribution < -0.4 is 4.90 Å². The Morgan fingerprint density at radius 3 is 1.89 bits per heavy atom. The third-order valence-electron chi connectivity index (χ3n) is 9.41. The lowest BCUT2D eigenvalue weighted by molar-refractivity contribution is 0.632. The van der Waals surface area contributed by atoms with Crippen LogP contribution in [0.25, 0.3) is 47.9 Å². The Labute approximate surface area is 261 Å². The molecule has 0 fully saturated rings. The van der Waals surface area contributed by atoms with Gasteiger partial charge in [-0.15, -0.1) is 11.3 Å². The number of aromatic nitrogens is 1. The zero-order chi connectivity index (χ0) is 29.4. The molecule has 44 heavy (non-hydrogen) atoms. The number of nitrogens with zero attached hydrogens (tertiary/aromatic N) is 2. The summed E-state index contributed by atoms with van der Waals surface area (Å²) < 4.78 is 4.98. The molecule has 2 aromatic heterocycles. The van der Waals surface area contributed by atoms with Crippen LogP contribution in [0.1, 0.15) is 25.0 Å². The maximum absolute atomic E-state index is 2.42. The van der Waals surface area contributed by atoms with E-state index >= 15 is 0 Å². The van der Waals surface area contributed by atoms with Crippen LogP contribution in [0, 0.1) is 0 Å². The van der Waals surface area contributed by atoms with Crippen molar-refractivity contribution in [1.29, 1.82) is 0 Å². The number of benzene rings is 6. The maximum Gasteiger partial charge on any atom is 0.0535 e. The van der Waals surface area contributed by atoms with E-state index in [9.17, 15) is 0 Å². The largest absolute Gasteiger partial charge is 0.317 e. The van der Waals surface area contributed by atoms with Crippen molar-refractivity contribution in [2.24, 2.45) is 0 Å². The van der Waals surface area contributed by atoms with E-state index in [1.54, 1.807) is 0 Å². The van der Waals surface area contributed by atoms with Gasteiger partial charge < -0.3 is 9.47 Å². The van der Waals surface area contributed by atoms with Crippen molar-refractivity contribution in [3.63, 3.8) is 0 Å². The van der Waals surface area contributed by atoms with Gasteiger partial charge in [-0.1, -0.05) is 86.6 Å². The predicted molar refractivity (Wildman–Crippen MR) is 188 cm³/mol. The van der Waals surface area contributed by atoms with Crippen molar-refractivity contribution < 1.29 is 0 Å². The van der Waals surface area contributed by atoms with E-state index in [4.69, 9.17) is 0 Å². The Balaban J connectivity index is 1.15. The monoisotopic (exact) mass is 582 g/mol. The Morgan fingerprint density at radius 2 is 1.16 bits per heavy atom. The first kappa shape index (κ1) is 25.4. The second-order valence-electron chi connectivity index (χ2n) is 12.3. The highest BCUT2D eigenvalue weighted by Crippen LogP contribution is 2.51. The molecule has 0 bridgehead atoms. The molecule has 0 saturated heterocycles. The normalized spacial score (nSPS) is 13.8. The fraction of sp³-hybridized carbons (Fsp3) is 0.0732. The first-order chi connectivity index (χ1) is 21.6. The van der Waals surface area contributed by atoms with Crippen molar-refractivity contribution in [1.82, 2.24) is 4.57 Å². The molecule has 2 nitrogen and oxygen atoms in total. The number of hydrogen-bond donors (Lipinski definition) is 0.